The molecule has 2 aliphatic rings. The van der Waals surface area contributed by atoms with Crippen LogP contribution in [-0.4, -0.2) is 36.0 Å². The molecule has 1 atom stereocenters. The third kappa shape index (κ3) is 4.16. The first kappa shape index (κ1) is 21.1. The van der Waals surface area contributed by atoms with Crippen LogP contribution in [0.1, 0.15) is 44.6 Å². The van der Waals surface area contributed by atoms with E-state index in [1.54, 1.807) is 0 Å². The van der Waals surface area contributed by atoms with Crippen LogP contribution in [0.15, 0.2) is 24.3 Å². The van der Waals surface area contributed by atoms with Gasteiger partial charge in [-0.25, -0.2) is 0 Å². The second-order valence-electron chi connectivity index (χ2n) is 6.99. The standard InChI is InChI=1S/C18H27N3O.2ClH/c1-3-15-13-20(2)16-8-5-4-7-14(16)12-21(15)17(22)11-18(19)9-6-10-18;;/h4-5,7-8,15H,3,6,9-13,19H2,1-2H3;2*1H. The number of carbonyl (C=O) groups excluding carboxylic acids is 1. The van der Waals surface area contributed by atoms with Gasteiger partial charge in [0.15, 0.2) is 0 Å². The molecule has 2 N–H and O–H groups in total. The zero-order valence-electron chi connectivity index (χ0n) is 14.5. The maximum absolute atomic E-state index is 12.9. The zero-order valence-corrected chi connectivity index (χ0v) is 16.2. The summed E-state index contributed by atoms with van der Waals surface area (Å²) >= 11 is 0. The highest BCUT2D eigenvalue weighted by atomic mass is 35.5. The van der Waals surface area contributed by atoms with Gasteiger partial charge in [0, 0.05) is 43.8 Å². The van der Waals surface area contributed by atoms with Gasteiger partial charge in [-0.15, -0.1) is 24.8 Å². The van der Waals surface area contributed by atoms with Crippen molar-refractivity contribution < 1.29 is 4.79 Å². The summed E-state index contributed by atoms with van der Waals surface area (Å²) in [5.74, 6) is 0.221. The molecule has 1 heterocycles. The summed E-state index contributed by atoms with van der Waals surface area (Å²) < 4.78 is 0. The Morgan fingerprint density at radius 2 is 1.96 bits per heavy atom. The van der Waals surface area contributed by atoms with E-state index >= 15 is 0 Å². The maximum atomic E-state index is 12.9. The number of hydrogen-bond donors (Lipinski definition) is 1. The number of halogens is 2. The molecule has 0 radical (unpaired) electrons. The molecule has 1 fully saturated rings. The van der Waals surface area contributed by atoms with Gasteiger partial charge in [-0.1, -0.05) is 25.1 Å². The number of anilines is 1. The van der Waals surface area contributed by atoms with E-state index < -0.39 is 0 Å². The molecule has 4 nitrogen and oxygen atoms in total. The van der Waals surface area contributed by atoms with Crippen LogP contribution in [0.3, 0.4) is 0 Å². The summed E-state index contributed by atoms with van der Waals surface area (Å²) in [7, 11) is 2.12. The molecule has 1 aliphatic heterocycles. The first-order valence-corrected chi connectivity index (χ1v) is 8.40. The second kappa shape index (κ2) is 8.41. The monoisotopic (exact) mass is 373 g/mol. The molecule has 0 saturated heterocycles. The zero-order chi connectivity index (χ0) is 15.7. The molecule has 136 valence electrons. The molecule has 6 heteroatoms. The number of benzene rings is 1. The number of amides is 1. The lowest BCUT2D eigenvalue weighted by atomic mass is 9.75. The SMILES string of the molecule is CCC1CN(C)c2ccccc2CN1C(=O)CC1(N)CCC1.Cl.Cl. The number of rotatable bonds is 3. The van der Waals surface area contributed by atoms with Crippen LogP contribution in [0, 0.1) is 0 Å². The molecule has 0 bridgehead atoms. The number of nitrogens with two attached hydrogens (primary N) is 1. The summed E-state index contributed by atoms with van der Waals surface area (Å²) in [5, 5.41) is 0. The first-order chi connectivity index (χ1) is 10.5. The van der Waals surface area contributed by atoms with Crippen LogP contribution in [0.25, 0.3) is 0 Å². The van der Waals surface area contributed by atoms with Gasteiger partial charge in [-0.2, -0.15) is 0 Å². The topological polar surface area (TPSA) is 49.6 Å². The number of para-hydroxylation sites is 1. The predicted octanol–water partition coefficient (Wildman–Crippen LogP) is 3.36. The predicted molar refractivity (Wildman–Crippen MR) is 104 cm³/mol. The Morgan fingerprint density at radius 1 is 1.29 bits per heavy atom. The number of likely N-dealkylation sites (N-methyl/N-ethyl adjacent to an activating group) is 1. The van der Waals surface area contributed by atoms with Crippen molar-refractivity contribution >= 4 is 36.4 Å². The Bertz CT molecular complexity index is 563. The minimum absolute atomic E-state index is 0. The van der Waals surface area contributed by atoms with Crippen molar-refractivity contribution in [2.24, 2.45) is 5.73 Å². The molecule has 1 unspecified atom stereocenters. The van der Waals surface area contributed by atoms with Gasteiger partial charge in [-0.3, -0.25) is 4.79 Å². The van der Waals surface area contributed by atoms with Gasteiger partial charge in [0.1, 0.15) is 0 Å². The van der Waals surface area contributed by atoms with E-state index in [9.17, 15) is 4.79 Å². The van der Waals surface area contributed by atoms with Gasteiger partial charge in [0.25, 0.3) is 0 Å². The van der Waals surface area contributed by atoms with E-state index in [4.69, 9.17) is 5.73 Å². The smallest absolute Gasteiger partial charge is 0.225 e. The number of hydrogen-bond acceptors (Lipinski definition) is 3. The first-order valence-electron chi connectivity index (χ1n) is 8.40. The molecule has 0 spiro atoms. The molecule has 1 aromatic carbocycles. The summed E-state index contributed by atoms with van der Waals surface area (Å²) in [6.07, 6.45) is 4.60. The highest BCUT2D eigenvalue weighted by Crippen LogP contribution is 2.34. The minimum Gasteiger partial charge on any atom is -0.372 e. The normalized spacial score (nSPS) is 21.5. The Labute approximate surface area is 157 Å². The van der Waals surface area contributed by atoms with Gasteiger partial charge < -0.3 is 15.5 Å². The molecular formula is C18H29Cl2N3O. The Morgan fingerprint density at radius 3 is 2.54 bits per heavy atom. The maximum Gasteiger partial charge on any atom is 0.225 e. The molecule has 24 heavy (non-hydrogen) atoms. The van der Waals surface area contributed by atoms with Crippen molar-refractivity contribution in [3.63, 3.8) is 0 Å². The summed E-state index contributed by atoms with van der Waals surface area (Å²) in [5.41, 5.74) is 8.53. The van der Waals surface area contributed by atoms with Crippen LogP contribution in [0.4, 0.5) is 5.69 Å². The second-order valence-corrected chi connectivity index (χ2v) is 6.99. The van der Waals surface area contributed by atoms with E-state index in [0.717, 1.165) is 32.2 Å². The summed E-state index contributed by atoms with van der Waals surface area (Å²) in [6.45, 7) is 3.75. The minimum atomic E-state index is -0.243. The fourth-order valence-electron chi connectivity index (χ4n) is 3.69. The highest BCUT2D eigenvalue weighted by Gasteiger charge is 2.38. The van der Waals surface area contributed by atoms with E-state index in [2.05, 4.69) is 48.0 Å². The Kier molecular flexibility index (Phi) is 7.39. The highest BCUT2D eigenvalue weighted by molar-refractivity contribution is 5.85. The quantitative estimate of drug-likeness (QED) is 0.883. The Hall–Kier alpha value is -0.970. The number of fused-ring (bicyclic) bond motifs is 1. The van der Waals surface area contributed by atoms with Crippen molar-refractivity contribution in [3.8, 4) is 0 Å². The van der Waals surface area contributed by atoms with Crippen molar-refractivity contribution in [2.45, 2.75) is 57.2 Å². The van der Waals surface area contributed by atoms with Gasteiger partial charge in [0.2, 0.25) is 5.91 Å². The largest absolute Gasteiger partial charge is 0.372 e. The van der Waals surface area contributed by atoms with Gasteiger partial charge in [0.05, 0.1) is 0 Å². The average Bonchev–Trinajstić information content (AvgIpc) is 2.62. The summed E-state index contributed by atoms with van der Waals surface area (Å²) in [4.78, 5) is 17.2. The third-order valence-electron chi connectivity index (χ3n) is 5.31. The molecule has 1 saturated carbocycles. The Balaban J connectivity index is 0.00000144. The van der Waals surface area contributed by atoms with Crippen LogP contribution in [-0.2, 0) is 11.3 Å². The lowest BCUT2D eigenvalue weighted by Gasteiger charge is -2.40. The molecule has 3 rings (SSSR count). The lowest BCUT2D eigenvalue weighted by Crippen LogP contribution is -2.52. The van der Waals surface area contributed by atoms with Crippen LogP contribution in [0.2, 0.25) is 0 Å². The lowest BCUT2D eigenvalue weighted by molar-refractivity contribution is -0.136. The fraction of sp³-hybridized carbons (Fsp3) is 0.611. The fourth-order valence-corrected chi connectivity index (χ4v) is 3.69. The average molecular weight is 374 g/mol. The van der Waals surface area contributed by atoms with Crippen molar-refractivity contribution in [3.05, 3.63) is 29.8 Å². The number of carbonyl (C=O) groups is 1. The molecule has 1 amide bonds. The third-order valence-corrected chi connectivity index (χ3v) is 5.31. The molecular weight excluding hydrogens is 345 g/mol. The molecule has 1 aliphatic carbocycles. The number of nitrogens with zero attached hydrogens (tertiary/aromatic N) is 2. The van der Waals surface area contributed by atoms with E-state index in [-0.39, 0.29) is 42.3 Å². The van der Waals surface area contributed by atoms with Crippen LogP contribution < -0.4 is 10.6 Å². The molecule has 1 aromatic rings. The molecule has 0 aromatic heterocycles. The van der Waals surface area contributed by atoms with Crippen molar-refractivity contribution in [1.82, 2.24) is 4.90 Å². The van der Waals surface area contributed by atoms with Crippen LogP contribution in [0.5, 0.6) is 0 Å². The summed E-state index contributed by atoms with van der Waals surface area (Å²) in [6, 6.07) is 8.65. The van der Waals surface area contributed by atoms with Gasteiger partial charge >= 0.3 is 0 Å². The van der Waals surface area contributed by atoms with Crippen molar-refractivity contribution in [1.29, 1.82) is 0 Å². The van der Waals surface area contributed by atoms with Gasteiger partial charge in [-0.05, 0) is 37.3 Å². The van der Waals surface area contributed by atoms with E-state index in [1.165, 1.54) is 11.3 Å². The van der Waals surface area contributed by atoms with E-state index in [1.807, 2.05) is 0 Å². The van der Waals surface area contributed by atoms with Crippen molar-refractivity contribution in [2.75, 3.05) is 18.5 Å². The van der Waals surface area contributed by atoms with Crippen LogP contribution >= 0.6 is 24.8 Å². The van der Waals surface area contributed by atoms with E-state index in [0.29, 0.717) is 13.0 Å².